The van der Waals surface area contributed by atoms with Gasteiger partial charge in [-0.25, -0.2) is 22.4 Å². The molecule has 0 saturated heterocycles. The van der Waals surface area contributed by atoms with E-state index in [1.165, 1.54) is 51.0 Å². The van der Waals surface area contributed by atoms with Crippen molar-refractivity contribution < 1.29 is 27.5 Å². The van der Waals surface area contributed by atoms with Crippen LogP contribution in [0.4, 0.5) is 17.6 Å². The fourth-order valence-corrected chi connectivity index (χ4v) is 5.49. The first-order valence-corrected chi connectivity index (χ1v) is 13.1. The van der Waals surface area contributed by atoms with Crippen LogP contribution in [-0.4, -0.2) is 11.1 Å². The number of unbranched alkanes of at least 4 members (excludes halogenated alkanes) is 1. The molecule has 0 spiro atoms. The highest BCUT2D eigenvalue weighted by molar-refractivity contribution is 5.94. The molecule has 37 heavy (non-hydrogen) atoms. The minimum Gasteiger partial charge on any atom is -0.478 e. The Labute approximate surface area is 215 Å². The van der Waals surface area contributed by atoms with E-state index in [0.717, 1.165) is 36.3 Å². The number of rotatable bonds is 9. The fourth-order valence-electron chi connectivity index (χ4n) is 5.49. The van der Waals surface area contributed by atoms with Gasteiger partial charge in [-0.15, -0.1) is 0 Å². The molecule has 1 saturated carbocycles. The molecule has 1 aliphatic rings. The van der Waals surface area contributed by atoms with Crippen LogP contribution in [0, 0.1) is 35.1 Å². The summed E-state index contributed by atoms with van der Waals surface area (Å²) < 4.78 is 56.8. The van der Waals surface area contributed by atoms with Gasteiger partial charge in [-0.05, 0) is 65.1 Å². The summed E-state index contributed by atoms with van der Waals surface area (Å²) in [7, 11) is 0. The number of hydrogen-bond acceptors (Lipinski definition) is 1. The van der Waals surface area contributed by atoms with Crippen molar-refractivity contribution in [2.24, 2.45) is 11.8 Å². The van der Waals surface area contributed by atoms with Crippen molar-refractivity contribution in [3.8, 4) is 22.3 Å². The molecular weight excluding hydrogens is 480 g/mol. The molecule has 6 heteroatoms. The SMILES string of the molecule is CCCCC1CCC(CCc2ccc(-c3ccc(C(=O)O)c(F)c3-c3cc(F)c(F)c(F)c3)cc2)CC1. The predicted octanol–water partition coefficient (Wildman–Crippen LogP) is 9.20. The smallest absolute Gasteiger partial charge is 0.338 e. The van der Waals surface area contributed by atoms with E-state index in [4.69, 9.17) is 0 Å². The predicted molar refractivity (Wildman–Crippen MR) is 137 cm³/mol. The maximum atomic E-state index is 15.3. The van der Waals surface area contributed by atoms with E-state index < -0.39 is 34.8 Å². The minimum atomic E-state index is -1.67. The lowest BCUT2D eigenvalue weighted by Crippen LogP contribution is -2.15. The summed E-state index contributed by atoms with van der Waals surface area (Å²) in [4.78, 5) is 11.5. The maximum absolute atomic E-state index is 15.3. The zero-order valence-electron chi connectivity index (χ0n) is 21.0. The van der Waals surface area contributed by atoms with E-state index in [1.807, 2.05) is 12.1 Å². The van der Waals surface area contributed by atoms with Crippen LogP contribution in [0.25, 0.3) is 22.3 Å². The van der Waals surface area contributed by atoms with E-state index in [1.54, 1.807) is 12.1 Å². The van der Waals surface area contributed by atoms with E-state index >= 15 is 4.39 Å². The highest BCUT2D eigenvalue weighted by Gasteiger charge is 2.23. The molecule has 0 heterocycles. The molecule has 0 radical (unpaired) electrons. The van der Waals surface area contributed by atoms with Crippen molar-refractivity contribution in [1.29, 1.82) is 0 Å². The second kappa shape index (κ2) is 11.9. The highest BCUT2D eigenvalue weighted by atomic mass is 19.2. The standard InChI is InChI=1S/C31H32F4O2/c1-2-3-4-19-5-7-20(8-6-19)9-10-21-11-13-22(14-12-21)24-15-16-25(31(36)37)29(34)28(24)23-17-26(32)30(35)27(33)18-23/h11-20H,2-10H2,1H3,(H,36,37). The summed E-state index contributed by atoms with van der Waals surface area (Å²) in [5.41, 5.74) is 0.779. The lowest BCUT2D eigenvalue weighted by Gasteiger charge is -2.28. The third-order valence-electron chi connectivity index (χ3n) is 7.68. The number of aryl methyl sites for hydroxylation is 1. The molecule has 1 N–H and O–H groups in total. The first kappa shape index (κ1) is 26.9. The lowest BCUT2D eigenvalue weighted by atomic mass is 9.78. The van der Waals surface area contributed by atoms with Crippen molar-refractivity contribution in [2.75, 3.05) is 0 Å². The third kappa shape index (κ3) is 6.23. The monoisotopic (exact) mass is 512 g/mol. The Morgan fingerprint density at radius 1 is 0.811 bits per heavy atom. The minimum absolute atomic E-state index is 0.268. The Balaban J connectivity index is 1.54. The molecule has 3 aromatic carbocycles. The number of hydrogen-bond donors (Lipinski definition) is 1. The van der Waals surface area contributed by atoms with Gasteiger partial charge in [0, 0.05) is 5.56 Å². The number of halogens is 4. The summed E-state index contributed by atoms with van der Waals surface area (Å²) in [6, 6.07) is 11.4. The van der Waals surface area contributed by atoms with Gasteiger partial charge < -0.3 is 5.11 Å². The second-order valence-electron chi connectivity index (χ2n) is 10.2. The molecule has 1 fully saturated rings. The van der Waals surface area contributed by atoms with Gasteiger partial charge in [0.1, 0.15) is 5.82 Å². The molecule has 0 bridgehead atoms. The molecule has 3 aromatic rings. The van der Waals surface area contributed by atoms with E-state index in [0.29, 0.717) is 17.7 Å². The fraction of sp³-hybridized carbons (Fsp3) is 0.387. The van der Waals surface area contributed by atoms with Crippen molar-refractivity contribution in [3.63, 3.8) is 0 Å². The first-order valence-electron chi connectivity index (χ1n) is 13.1. The Morgan fingerprint density at radius 3 is 1.97 bits per heavy atom. The van der Waals surface area contributed by atoms with Crippen LogP contribution in [-0.2, 0) is 6.42 Å². The molecule has 0 amide bonds. The quantitative estimate of drug-likeness (QED) is 0.229. The summed E-state index contributed by atoms with van der Waals surface area (Å²) in [6.07, 6.45) is 11.1. The van der Waals surface area contributed by atoms with Gasteiger partial charge >= 0.3 is 5.97 Å². The number of carboxylic acids is 1. The van der Waals surface area contributed by atoms with Crippen LogP contribution in [0.3, 0.4) is 0 Å². The summed E-state index contributed by atoms with van der Waals surface area (Å²) >= 11 is 0. The number of carbonyl (C=O) groups is 1. The molecule has 2 nitrogen and oxygen atoms in total. The Bertz CT molecular complexity index is 1220. The van der Waals surface area contributed by atoms with Crippen molar-refractivity contribution in [1.82, 2.24) is 0 Å². The van der Waals surface area contributed by atoms with Crippen LogP contribution < -0.4 is 0 Å². The van der Waals surface area contributed by atoms with Crippen LogP contribution in [0.2, 0.25) is 0 Å². The summed E-state index contributed by atoms with van der Waals surface area (Å²) in [5, 5.41) is 9.36. The van der Waals surface area contributed by atoms with Gasteiger partial charge in [-0.3, -0.25) is 0 Å². The van der Waals surface area contributed by atoms with Gasteiger partial charge in [-0.1, -0.05) is 82.2 Å². The number of aromatic carboxylic acids is 1. The molecule has 4 rings (SSSR count). The van der Waals surface area contributed by atoms with Gasteiger partial charge in [0.05, 0.1) is 5.56 Å². The molecule has 0 aromatic heterocycles. The first-order chi connectivity index (χ1) is 17.8. The van der Waals surface area contributed by atoms with Crippen molar-refractivity contribution >= 4 is 5.97 Å². The second-order valence-corrected chi connectivity index (χ2v) is 10.2. The van der Waals surface area contributed by atoms with Crippen molar-refractivity contribution in [3.05, 3.63) is 82.9 Å². The van der Waals surface area contributed by atoms with E-state index in [-0.39, 0.29) is 16.7 Å². The van der Waals surface area contributed by atoms with Gasteiger partial charge in [0.15, 0.2) is 17.5 Å². The van der Waals surface area contributed by atoms with Gasteiger partial charge in [0.25, 0.3) is 0 Å². The lowest BCUT2D eigenvalue weighted by molar-refractivity contribution is 0.0692. The van der Waals surface area contributed by atoms with Crippen LogP contribution in [0.5, 0.6) is 0 Å². The van der Waals surface area contributed by atoms with E-state index in [9.17, 15) is 23.1 Å². The molecule has 196 valence electrons. The van der Waals surface area contributed by atoms with Crippen LogP contribution in [0.1, 0.15) is 74.2 Å². The molecular formula is C31H32F4O2. The van der Waals surface area contributed by atoms with Crippen LogP contribution in [0.15, 0.2) is 48.5 Å². The summed E-state index contributed by atoms with van der Waals surface area (Å²) in [5.74, 6) is -5.66. The Morgan fingerprint density at radius 2 is 1.41 bits per heavy atom. The van der Waals surface area contributed by atoms with Crippen LogP contribution >= 0.6 is 0 Å². The van der Waals surface area contributed by atoms with Gasteiger partial charge in [-0.2, -0.15) is 0 Å². The third-order valence-corrected chi connectivity index (χ3v) is 7.68. The topological polar surface area (TPSA) is 37.3 Å². The van der Waals surface area contributed by atoms with Crippen molar-refractivity contribution in [2.45, 2.75) is 64.7 Å². The number of benzene rings is 3. The average molecular weight is 513 g/mol. The zero-order valence-corrected chi connectivity index (χ0v) is 21.0. The van der Waals surface area contributed by atoms with E-state index in [2.05, 4.69) is 6.92 Å². The Hall–Kier alpha value is -3.15. The molecule has 1 aliphatic carbocycles. The molecule has 0 unspecified atom stereocenters. The largest absolute Gasteiger partial charge is 0.478 e. The maximum Gasteiger partial charge on any atom is 0.338 e. The summed E-state index contributed by atoms with van der Waals surface area (Å²) in [6.45, 7) is 2.24. The molecule has 0 aliphatic heterocycles. The average Bonchev–Trinajstić information content (AvgIpc) is 2.89. The zero-order chi connectivity index (χ0) is 26.5. The highest BCUT2D eigenvalue weighted by Crippen LogP contribution is 2.38. The molecule has 0 atom stereocenters. The number of carboxylic acid groups (broad SMARTS) is 1. The normalized spacial score (nSPS) is 17.6. The van der Waals surface area contributed by atoms with Gasteiger partial charge in [0.2, 0.25) is 0 Å². The Kier molecular flexibility index (Phi) is 8.67.